The summed E-state index contributed by atoms with van der Waals surface area (Å²) in [7, 11) is 0. The molecule has 9 heteroatoms. The van der Waals surface area contributed by atoms with Gasteiger partial charge in [0.2, 0.25) is 5.91 Å². The van der Waals surface area contributed by atoms with E-state index in [0.717, 1.165) is 0 Å². The summed E-state index contributed by atoms with van der Waals surface area (Å²) in [5.74, 6) is -3.51. The number of aryl methyl sites for hydroxylation is 1. The second-order valence-electron chi connectivity index (χ2n) is 8.55. The molecule has 5 rings (SSSR count). The lowest BCUT2D eigenvalue weighted by atomic mass is 9.96. The van der Waals surface area contributed by atoms with Crippen molar-refractivity contribution in [2.24, 2.45) is 0 Å². The van der Waals surface area contributed by atoms with E-state index in [1.807, 2.05) is 22.6 Å². The average Bonchev–Trinajstić information content (AvgIpc) is 3.19. The minimum absolute atomic E-state index is 0.102. The number of rotatable bonds is 3. The molecule has 0 saturated heterocycles. The van der Waals surface area contributed by atoms with Crippen molar-refractivity contribution in [1.82, 2.24) is 14.5 Å². The quantitative estimate of drug-likeness (QED) is 0.289. The number of halogens is 3. The number of alkyl halides is 3. The standard InChI is InChI=1S/C25H22F2IN3O3/c26-25(27)17-6-1-4-15(12-17)14-31-21-20(29-22(31)16-5-2-7-18(25)13-16)9-8-19(28)23(33)30(24(21)34)10-3-11-32/h1-2,4-7,12-13,19,32H,3,8-11,14H2. The third-order valence-corrected chi connectivity index (χ3v) is 7.47. The van der Waals surface area contributed by atoms with Crippen molar-refractivity contribution in [2.45, 2.75) is 35.7 Å². The highest BCUT2D eigenvalue weighted by Crippen LogP contribution is 2.39. The van der Waals surface area contributed by atoms with Crippen molar-refractivity contribution in [3.8, 4) is 11.4 Å². The SMILES string of the molecule is O=C1c2c(nc3n2Cc2cccc(c2)C(F)(F)c2cccc-3c2)CCC(I)C(=O)N1CCCO. The Morgan fingerprint density at radius 2 is 1.85 bits per heavy atom. The minimum Gasteiger partial charge on any atom is -0.396 e. The molecule has 2 amide bonds. The number of fused-ring (bicyclic) bond motifs is 8. The van der Waals surface area contributed by atoms with Gasteiger partial charge in [0.15, 0.2) is 0 Å². The van der Waals surface area contributed by atoms with Gasteiger partial charge < -0.3 is 9.67 Å². The summed E-state index contributed by atoms with van der Waals surface area (Å²) in [5, 5.41) is 9.30. The van der Waals surface area contributed by atoms with Gasteiger partial charge in [-0.1, -0.05) is 59.0 Å². The molecule has 2 aliphatic heterocycles. The molecular weight excluding hydrogens is 555 g/mol. The number of carbonyl (C=O) groups is 2. The second-order valence-corrected chi connectivity index (χ2v) is 10.1. The van der Waals surface area contributed by atoms with E-state index in [1.54, 1.807) is 28.8 Å². The van der Waals surface area contributed by atoms with Crippen LogP contribution in [0.25, 0.3) is 11.4 Å². The number of carbonyl (C=O) groups excluding carboxylic acids is 2. The summed E-state index contributed by atoms with van der Waals surface area (Å²) in [6.07, 6.45) is 1.19. The maximum atomic E-state index is 15.3. The topological polar surface area (TPSA) is 75.4 Å². The van der Waals surface area contributed by atoms with Gasteiger partial charge in [-0.3, -0.25) is 14.5 Å². The van der Waals surface area contributed by atoms with Crippen molar-refractivity contribution in [3.05, 3.63) is 76.6 Å². The van der Waals surface area contributed by atoms with Gasteiger partial charge in [0.05, 0.1) is 9.62 Å². The van der Waals surface area contributed by atoms with Crippen LogP contribution in [0.1, 0.15) is 45.7 Å². The first-order chi connectivity index (χ1) is 16.3. The van der Waals surface area contributed by atoms with Gasteiger partial charge in [0, 0.05) is 36.4 Å². The van der Waals surface area contributed by atoms with Crippen molar-refractivity contribution in [2.75, 3.05) is 13.2 Å². The Hall–Kier alpha value is -2.66. The lowest BCUT2D eigenvalue weighted by Crippen LogP contribution is -2.44. The van der Waals surface area contributed by atoms with Crippen molar-refractivity contribution in [3.63, 3.8) is 0 Å². The maximum Gasteiger partial charge on any atom is 0.298 e. The Labute approximate surface area is 208 Å². The van der Waals surface area contributed by atoms with Gasteiger partial charge >= 0.3 is 0 Å². The van der Waals surface area contributed by atoms with Crippen LogP contribution in [-0.2, 0) is 23.7 Å². The molecule has 1 unspecified atom stereocenters. The molecule has 0 saturated carbocycles. The molecule has 176 valence electrons. The van der Waals surface area contributed by atoms with Gasteiger partial charge in [-0.2, -0.15) is 8.78 Å². The lowest BCUT2D eigenvalue weighted by Gasteiger charge is -2.27. The Morgan fingerprint density at radius 1 is 1.12 bits per heavy atom. The summed E-state index contributed by atoms with van der Waals surface area (Å²) < 4.78 is 31.9. The van der Waals surface area contributed by atoms with Crippen LogP contribution in [0.2, 0.25) is 0 Å². The van der Waals surface area contributed by atoms with E-state index in [2.05, 4.69) is 0 Å². The lowest BCUT2D eigenvalue weighted by molar-refractivity contribution is -0.128. The van der Waals surface area contributed by atoms with E-state index in [4.69, 9.17) is 4.98 Å². The van der Waals surface area contributed by atoms with Crippen LogP contribution in [0.4, 0.5) is 8.78 Å². The third kappa shape index (κ3) is 3.84. The van der Waals surface area contributed by atoms with Gasteiger partial charge in [0.25, 0.3) is 11.8 Å². The summed E-state index contributed by atoms with van der Waals surface area (Å²) >= 11 is 2.04. The molecule has 1 N–H and O–H groups in total. The van der Waals surface area contributed by atoms with E-state index in [1.165, 1.54) is 29.2 Å². The summed E-state index contributed by atoms with van der Waals surface area (Å²) in [6, 6.07) is 12.3. The molecule has 6 nitrogen and oxygen atoms in total. The Kier molecular flexibility index (Phi) is 6.01. The molecule has 0 radical (unpaired) electrons. The predicted molar refractivity (Wildman–Crippen MR) is 130 cm³/mol. The number of imidazole rings is 1. The zero-order valence-electron chi connectivity index (χ0n) is 18.2. The fourth-order valence-corrected chi connectivity index (χ4v) is 5.23. The van der Waals surface area contributed by atoms with Crippen molar-refractivity contribution in [1.29, 1.82) is 0 Å². The van der Waals surface area contributed by atoms with Crippen LogP contribution in [0, 0.1) is 0 Å². The molecule has 1 atom stereocenters. The fraction of sp³-hybridized carbons (Fsp3) is 0.320. The Bertz CT molecular complexity index is 1290. The largest absolute Gasteiger partial charge is 0.396 e. The van der Waals surface area contributed by atoms with Gasteiger partial charge in [0.1, 0.15) is 11.5 Å². The van der Waals surface area contributed by atoms with E-state index in [9.17, 15) is 14.7 Å². The Balaban J connectivity index is 1.75. The number of nitrogens with zero attached hydrogens (tertiary/aromatic N) is 3. The highest BCUT2D eigenvalue weighted by molar-refractivity contribution is 14.1. The zero-order chi connectivity index (χ0) is 24.0. The predicted octanol–water partition coefficient (Wildman–Crippen LogP) is 4.15. The fourth-order valence-electron chi connectivity index (χ4n) is 4.58. The second kappa shape index (κ2) is 8.84. The van der Waals surface area contributed by atoms with Crippen LogP contribution in [0.5, 0.6) is 0 Å². The third-order valence-electron chi connectivity index (χ3n) is 6.31. The van der Waals surface area contributed by atoms with E-state index in [-0.39, 0.29) is 43.2 Å². The number of hydrogen-bond donors (Lipinski definition) is 1. The molecule has 4 bridgehead atoms. The molecule has 0 spiro atoms. The molecule has 2 aromatic carbocycles. The molecule has 1 aromatic heterocycles. The number of aliphatic hydroxyl groups excluding tert-OH is 1. The molecule has 0 fully saturated rings. The summed E-state index contributed by atoms with van der Waals surface area (Å²) in [5.41, 5.74) is 1.68. The number of hydrogen-bond acceptors (Lipinski definition) is 4. The molecule has 2 aliphatic rings. The highest BCUT2D eigenvalue weighted by Gasteiger charge is 2.38. The zero-order valence-corrected chi connectivity index (χ0v) is 20.3. The van der Waals surface area contributed by atoms with Crippen molar-refractivity contribution >= 4 is 34.4 Å². The summed E-state index contributed by atoms with van der Waals surface area (Å²) in [6.45, 7) is 0.117. The van der Waals surface area contributed by atoms with Gasteiger partial charge in [-0.15, -0.1) is 0 Å². The normalized spacial score (nSPS) is 19.2. The van der Waals surface area contributed by atoms with E-state index < -0.39 is 15.8 Å². The number of aliphatic hydroxyl groups is 1. The minimum atomic E-state index is -3.17. The van der Waals surface area contributed by atoms with Crippen LogP contribution >= 0.6 is 22.6 Å². The first-order valence-corrected chi connectivity index (χ1v) is 12.3. The number of benzene rings is 2. The monoisotopic (exact) mass is 577 g/mol. The molecule has 3 heterocycles. The Morgan fingerprint density at radius 3 is 2.62 bits per heavy atom. The molecule has 34 heavy (non-hydrogen) atoms. The molecular formula is C25H22F2IN3O3. The highest BCUT2D eigenvalue weighted by atomic mass is 127. The molecule has 3 aromatic rings. The average molecular weight is 577 g/mol. The number of amides is 2. The summed E-state index contributed by atoms with van der Waals surface area (Å²) in [4.78, 5) is 32.7. The van der Waals surface area contributed by atoms with Crippen LogP contribution in [-0.4, -0.2) is 48.4 Å². The van der Waals surface area contributed by atoms with Crippen LogP contribution in [0.15, 0.2) is 48.5 Å². The van der Waals surface area contributed by atoms with Gasteiger partial charge in [-0.05, 0) is 37.0 Å². The number of aromatic nitrogens is 2. The molecule has 0 aliphatic carbocycles. The van der Waals surface area contributed by atoms with Gasteiger partial charge in [-0.25, -0.2) is 4.98 Å². The van der Waals surface area contributed by atoms with Crippen molar-refractivity contribution < 1.29 is 23.5 Å². The smallest absolute Gasteiger partial charge is 0.298 e. The maximum absolute atomic E-state index is 15.3. The first-order valence-electron chi connectivity index (χ1n) is 11.1. The number of imide groups is 1. The first kappa shape index (κ1) is 23.1. The van der Waals surface area contributed by atoms with E-state index in [0.29, 0.717) is 41.2 Å². The van der Waals surface area contributed by atoms with Crippen LogP contribution in [0.3, 0.4) is 0 Å². The van der Waals surface area contributed by atoms with E-state index >= 15 is 8.78 Å². The van der Waals surface area contributed by atoms with Crippen LogP contribution < -0.4 is 0 Å².